The van der Waals surface area contributed by atoms with E-state index in [0.717, 1.165) is 28.6 Å². The quantitative estimate of drug-likeness (QED) is 0.432. The average Bonchev–Trinajstić information content (AvgIpc) is 3.03. The zero-order chi connectivity index (χ0) is 21.1. The van der Waals surface area contributed by atoms with Crippen molar-refractivity contribution in [3.05, 3.63) is 93.3 Å². The van der Waals surface area contributed by atoms with Gasteiger partial charge in [-0.2, -0.15) is 0 Å². The van der Waals surface area contributed by atoms with Gasteiger partial charge in [0, 0.05) is 5.69 Å². The summed E-state index contributed by atoms with van der Waals surface area (Å²) in [5, 5.41) is 3.64. The topological polar surface area (TPSA) is 49.4 Å². The normalized spacial score (nSPS) is 15.1. The molecular weight excluding hydrogens is 439 g/mol. The molecule has 150 valence electrons. The molecule has 1 saturated heterocycles. The van der Waals surface area contributed by atoms with E-state index in [1.165, 1.54) is 4.90 Å². The molecule has 4 nitrogen and oxygen atoms in total. The van der Waals surface area contributed by atoms with E-state index in [4.69, 9.17) is 23.2 Å². The Morgan fingerprint density at radius 1 is 0.867 bits per heavy atom. The number of hydrogen-bond donors (Lipinski definition) is 1. The molecule has 1 aliphatic rings. The molecule has 2 amide bonds. The smallest absolute Gasteiger partial charge is 0.295 e. The predicted octanol–water partition coefficient (Wildman–Crippen LogP) is 6.77. The molecule has 1 fully saturated rings. The van der Waals surface area contributed by atoms with Gasteiger partial charge in [0.2, 0.25) is 0 Å². The van der Waals surface area contributed by atoms with Crippen molar-refractivity contribution in [1.29, 1.82) is 0 Å². The van der Waals surface area contributed by atoms with Gasteiger partial charge in [0.05, 0.1) is 21.6 Å². The highest BCUT2D eigenvalue weighted by molar-refractivity contribution is 8.18. The highest BCUT2D eigenvalue weighted by atomic mass is 35.5. The molecule has 0 radical (unpaired) electrons. The second-order valence-corrected chi connectivity index (χ2v) is 8.37. The number of halogens is 2. The van der Waals surface area contributed by atoms with Gasteiger partial charge in [0.1, 0.15) is 0 Å². The molecule has 0 aromatic heterocycles. The molecule has 1 heterocycles. The number of carbonyl (C=O) groups excluding carboxylic acids is 2. The van der Waals surface area contributed by atoms with Crippen molar-refractivity contribution in [2.75, 3.05) is 12.0 Å². The lowest BCUT2D eigenvalue weighted by Crippen LogP contribution is -2.33. The van der Waals surface area contributed by atoms with Crippen LogP contribution < -0.4 is 5.32 Å². The van der Waals surface area contributed by atoms with Crippen LogP contribution in [0.15, 0.2) is 77.7 Å². The van der Waals surface area contributed by atoms with E-state index in [0.29, 0.717) is 20.5 Å². The molecule has 30 heavy (non-hydrogen) atoms. The minimum atomic E-state index is -0.343. The van der Waals surface area contributed by atoms with Gasteiger partial charge in [0.25, 0.3) is 11.1 Å². The van der Waals surface area contributed by atoms with Crippen LogP contribution in [0.3, 0.4) is 0 Å². The monoisotopic (exact) mass is 454 g/mol. The first-order chi connectivity index (χ1) is 14.5. The van der Waals surface area contributed by atoms with Crippen LogP contribution in [0.5, 0.6) is 0 Å². The molecule has 0 saturated carbocycles. The predicted molar refractivity (Wildman–Crippen MR) is 125 cm³/mol. The van der Waals surface area contributed by atoms with Crippen LogP contribution in [-0.4, -0.2) is 22.7 Å². The van der Waals surface area contributed by atoms with E-state index < -0.39 is 0 Å². The molecular formula is C23H16Cl2N2O2S. The molecule has 0 aliphatic carbocycles. The third kappa shape index (κ3) is 4.54. The fourth-order valence-corrected chi connectivity index (χ4v) is 4.12. The minimum absolute atomic E-state index is 0.0913. The first kappa shape index (κ1) is 20.5. The van der Waals surface area contributed by atoms with E-state index in [1.54, 1.807) is 24.3 Å². The standard InChI is InChI=1S/C23H16Cl2N2O2S/c24-19-11-6-15(12-20(19)25)13-21-22(28)27(23(29)30-21)14-26-18-9-7-17(8-10-18)16-4-2-1-3-5-16/h1-13,26H,14H2. The first-order valence-electron chi connectivity index (χ1n) is 9.11. The Hall–Kier alpha value is -2.73. The fourth-order valence-electron chi connectivity index (χ4n) is 2.97. The molecule has 0 unspecified atom stereocenters. The van der Waals surface area contributed by atoms with E-state index in [1.807, 2.05) is 54.6 Å². The molecule has 0 atom stereocenters. The number of benzene rings is 3. The van der Waals surface area contributed by atoms with Crippen molar-refractivity contribution in [3.63, 3.8) is 0 Å². The van der Waals surface area contributed by atoms with Crippen LogP contribution in [0.25, 0.3) is 17.2 Å². The summed E-state index contributed by atoms with van der Waals surface area (Å²) >= 11 is 12.8. The Morgan fingerprint density at radius 3 is 2.27 bits per heavy atom. The molecule has 7 heteroatoms. The Balaban J connectivity index is 1.42. The van der Waals surface area contributed by atoms with Crippen LogP contribution in [0.2, 0.25) is 10.0 Å². The lowest BCUT2D eigenvalue weighted by atomic mass is 10.1. The van der Waals surface area contributed by atoms with E-state index in [9.17, 15) is 9.59 Å². The maximum absolute atomic E-state index is 12.6. The number of hydrogen-bond acceptors (Lipinski definition) is 4. The number of anilines is 1. The Bertz CT molecular complexity index is 1130. The molecule has 0 spiro atoms. The van der Waals surface area contributed by atoms with Crippen LogP contribution in [0.4, 0.5) is 10.5 Å². The number of carbonyl (C=O) groups is 2. The Kier molecular flexibility index (Phi) is 6.13. The van der Waals surface area contributed by atoms with Crippen molar-refractivity contribution in [2.45, 2.75) is 0 Å². The Labute approximate surface area is 188 Å². The number of rotatable bonds is 5. The molecule has 1 aliphatic heterocycles. The summed E-state index contributed by atoms with van der Waals surface area (Å²) in [5.41, 5.74) is 3.75. The van der Waals surface area contributed by atoms with Gasteiger partial charge in [-0.25, -0.2) is 0 Å². The lowest BCUT2D eigenvalue weighted by Gasteiger charge is -2.14. The summed E-state index contributed by atoms with van der Waals surface area (Å²) in [6.45, 7) is 0.0913. The Morgan fingerprint density at radius 2 is 1.57 bits per heavy atom. The van der Waals surface area contributed by atoms with Gasteiger partial charge in [-0.1, -0.05) is 71.7 Å². The van der Waals surface area contributed by atoms with Crippen LogP contribution in [0, 0.1) is 0 Å². The second kappa shape index (κ2) is 8.96. The fraction of sp³-hybridized carbons (Fsp3) is 0.0435. The highest BCUT2D eigenvalue weighted by Crippen LogP contribution is 2.33. The van der Waals surface area contributed by atoms with Crippen molar-refractivity contribution < 1.29 is 9.59 Å². The lowest BCUT2D eigenvalue weighted by molar-refractivity contribution is -0.122. The van der Waals surface area contributed by atoms with Gasteiger partial charge in [-0.3, -0.25) is 14.5 Å². The summed E-state index contributed by atoms with van der Waals surface area (Å²) < 4.78 is 0. The number of thioether (sulfide) groups is 1. The van der Waals surface area contributed by atoms with Crippen LogP contribution in [-0.2, 0) is 4.79 Å². The van der Waals surface area contributed by atoms with Crippen molar-refractivity contribution in [2.24, 2.45) is 0 Å². The number of amides is 2. The number of nitrogens with one attached hydrogen (secondary N) is 1. The maximum Gasteiger partial charge on any atom is 0.295 e. The summed E-state index contributed by atoms with van der Waals surface area (Å²) in [6, 6.07) is 22.9. The van der Waals surface area contributed by atoms with E-state index in [-0.39, 0.29) is 17.8 Å². The summed E-state index contributed by atoms with van der Waals surface area (Å²) in [4.78, 5) is 26.5. The van der Waals surface area contributed by atoms with Crippen molar-refractivity contribution >= 4 is 57.9 Å². The third-order valence-electron chi connectivity index (χ3n) is 4.55. The minimum Gasteiger partial charge on any atom is -0.367 e. The third-order valence-corrected chi connectivity index (χ3v) is 6.19. The number of imide groups is 1. The number of nitrogens with zero attached hydrogens (tertiary/aromatic N) is 1. The van der Waals surface area contributed by atoms with Gasteiger partial charge < -0.3 is 5.32 Å². The summed E-state index contributed by atoms with van der Waals surface area (Å²) in [5.74, 6) is -0.343. The highest BCUT2D eigenvalue weighted by Gasteiger charge is 2.34. The van der Waals surface area contributed by atoms with Gasteiger partial charge in [0.15, 0.2) is 0 Å². The second-order valence-electron chi connectivity index (χ2n) is 6.56. The van der Waals surface area contributed by atoms with E-state index >= 15 is 0 Å². The van der Waals surface area contributed by atoms with Gasteiger partial charge in [-0.15, -0.1) is 0 Å². The maximum atomic E-state index is 12.6. The van der Waals surface area contributed by atoms with Crippen LogP contribution >= 0.6 is 35.0 Å². The van der Waals surface area contributed by atoms with Crippen molar-refractivity contribution in [1.82, 2.24) is 4.90 Å². The molecule has 1 N–H and O–H groups in total. The summed E-state index contributed by atoms with van der Waals surface area (Å²) in [7, 11) is 0. The molecule has 0 bridgehead atoms. The average molecular weight is 455 g/mol. The summed E-state index contributed by atoms with van der Waals surface area (Å²) in [6.07, 6.45) is 1.64. The SMILES string of the molecule is O=C1SC(=Cc2ccc(Cl)c(Cl)c2)C(=O)N1CNc1ccc(-c2ccccc2)cc1. The molecule has 3 aromatic carbocycles. The molecule has 4 rings (SSSR count). The zero-order valence-corrected chi connectivity index (χ0v) is 18.0. The zero-order valence-electron chi connectivity index (χ0n) is 15.6. The largest absolute Gasteiger partial charge is 0.367 e. The van der Waals surface area contributed by atoms with Crippen LogP contribution in [0.1, 0.15) is 5.56 Å². The van der Waals surface area contributed by atoms with Gasteiger partial charge >= 0.3 is 0 Å². The van der Waals surface area contributed by atoms with Crippen molar-refractivity contribution in [3.8, 4) is 11.1 Å². The van der Waals surface area contributed by atoms with Gasteiger partial charge in [-0.05, 0) is 58.8 Å². The first-order valence-corrected chi connectivity index (χ1v) is 10.7. The van der Waals surface area contributed by atoms with E-state index in [2.05, 4.69) is 5.32 Å². The molecule has 3 aromatic rings.